The molecule has 0 aliphatic carbocycles. The molecular weight excluding hydrogens is 272 g/mol. The molecule has 0 fully saturated rings. The van der Waals surface area contributed by atoms with Crippen LogP contribution in [-0.4, -0.2) is 21.3 Å². The molecule has 94 valence electrons. The number of benzene rings is 1. The summed E-state index contributed by atoms with van der Waals surface area (Å²) in [5, 5.41) is 11.7. The largest absolute Gasteiger partial charge is 0.549 e. The summed E-state index contributed by atoms with van der Waals surface area (Å²) < 4.78 is 1.81. The van der Waals surface area contributed by atoms with Crippen LogP contribution in [0.2, 0.25) is 5.02 Å². The predicted molar refractivity (Wildman–Crippen MR) is 69.0 cm³/mol. The zero-order valence-electron chi connectivity index (χ0n) is 9.59. The molecule has 0 saturated carbocycles. The van der Waals surface area contributed by atoms with Crippen LogP contribution in [0, 0.1) is 6.92 Å². The van der Waals surface area contributed by atoms with E-state index >= 15 is 0 Å². The number of carbonyl (C=O) groups excluding carboxylic acids is 1. The van der Waals surface area contributed by atoms with E-state index < -0.39 is 5.97 Å². The van der Waals surface area contributed by atoms with Crippen molar-refractivity contribution in [3.63, 3.8) is 0 Å². The number of nitrogens with zero attached hydrogens (tertiary/aromatic N) is 2. The van der Waals surface area contributed by atoms with Gasteiger partial charge in [0.25, 0.3) is 0 Å². The van der Waals surface area contributed by atoms with E-state index in [9.17, 15) is 9.90 Å². The fourth-order valence-corrected chi connectivity index (χ4v) is 2.41. The molecule has 0 atom stereocenters. The Hall–Kier alpha value is -1.46. The average molecular weight is 282 g/mol. The first kappa shape index (κ1) is 13.0. The molecule has 1 heterocycles. The lowest BCUT2D eigenvalue weighted by atomic mass is 10.2. The summed E-state index contributed by atoms with van der Waals surface area (Å²) in [6.07, 6.45) is 3.40. The van der Waals surface area contributed by atoms with Crippen molar-refractivity contribution < 1.29 is 9.90 Å². The lowest BCUT2D eigenvalue weighted by Gasteiger charge is -2.11. The van der Waals surface area contributed by atoms with Gasteiger partial charge in [-0.05, 0) is 24.6 Å². The highest BCUT2D eigenvalue weighted by Crippen LogP contribution is 2.26. The van der Waals surface area contributed by atoms with Gasteiger partial charge in [-0.25, -0.2) is 4.98 Å². The van der Waals surface area contributed by atoms with Crippen LogP contribution in [0.4, 0.5) is 0 Å². The van der Waals surface area contributed by atoms with Gasteiger partial charge in [0.05, 0.1) is 11.7 Å². The van der Waals surface area contributed by atoms with Gasteiger partial charge < -0.3 is 9.90 Å². The molecule has 6 heteroatoms. The standard InChI is InChI=1S/C12H11ClN2O2S/c1-8-9(13)3-2-4-10(8)15-6-5-14-12(15)18-7-11(16)17/h2-6H,7H2,1H3,(H,16,17)/p-1. The van der Waals surface area contributed by atoms with Gasteiger partial charge in [0.1, 0.15) is 0 Å². The van der Waals surface area contributed by atoms with Crippen molar-refractivity contribution in [3.05, 3.63) is 41.2 Å². The summed E-state index contributed by atoms with van der Waals surface area (Å²) >= 11 is 7.18. The van der Waals surface area contributed by atoms with Gasteiger partial charge in [-0.1, -0.05) is 29.4 Å². The fourth-order valence-electron chi connectivity index (χ4n) is 1.56. The van der Waals surface area contributed by atoms with Gasteiger partial charge in [-0.15, -0.1) is 0 Å². The highest BCUT2D eigenvalue weighted by Gasteiger charge is 2.09. The van der Waals surface area contributed by atoms with Crippen molar-refractivity contribution in [1.29, 1.82) is 0 Å². The number of halogens is 1. The Morgan fingerprint density at radius 3 is 3.06 bits per heavy atom. The van der Waals surface area contributed by atoms with Crippen molar-refractivity contribution in [2.45, 2.75) is 12.1 Å². The maximum atomic E-state index is 10.5. The predicted octanol–water partition coefficient (Wildman–Crippen LogP) is 1.68. The Morgan fingerprint density at radius 1 is 1.56 bits per heavy atom. The molecule has 0 aliphatic rings. The molecule has 2 aromatic rings. The third-order valence-corrected chi connectivity index (χ3v) is 3.77. The van der Waals surface area contributed by atoms with Gasteiger partial charge in [0.15, 0.2) is 5.16 Å². The SMILES string of the molecule is Cc1c(Cl)cccc1-n1ccnc1SCC(=O)[O-]. The summed E-state index contributed by atoms with van der Waals surface area (Å²) in [6, 6.07) is 5.56. The highest BCUT2D eigenvalue weighted by atomic mass is 35.5. The second kappa shape index (κ2) is 5.46. The maximum Gasteiger partial charge on any atom is 0.172 e. The van der Waals surface area contributed by atoms with E-state index in [2.05, 4.69) is 4.98 Å². The maximum absolute atomic E-state index is 10.5. The Bertz CT molecular complexity index is 583. The number of hydrogen-bond acceptors (Lipinski definition) is 4. The summed E-state index contributed by atoms with van der Waals surface area (Å²) in [7, 11) is 0. The van der Waals surface area contributed by atoms with E-state index in [1.165, 1.54) is 0 Å². The third kappa shape index (κ3) is 2.68. The Balaban J connectivity index is 2.36. The fraction of sp³-hybridized carbons (Fsp3) is 0.167. The molecule has 0 N–H and O–H groups in total. The number of thioether (sulfide) groups is 1. The molecule has 0 amide bonds. The molecule has 0 aliphatic heterocycles. The van der Waals surface area contributed by atoms with E-state index in [0.717, 1.165) is 23.0 Å². The number of carbonyl (C=O) groups is 1. The lowest BCUT2D eigenvalue weighted by Crippen LogP contribution is -2.24. The summed E-state index contributed by atoms with van der Waals surface area (Å²) in [4.78, 5) is 14.6. The first-order valence-corrected chi connectivity index (χ1v) is 6.57. The van der Waals surface area contributed by atoms with Crippen LogP contribution in [0.15, 0.2) is 35.7 Å². The Kier molecular flexibility index (Phi) is 3.93. The third-order valence-electron chi connectivity index (χ3n) is 2.42. The van der Waals surface area contributed by atoms with Gasteiger partial charge >= 0.3 is 0 Å². The zero-order valence-corrected chi connectivity index (χ0v) is 11.2. The Labute approximate surface area is 114 Å². The number of carboxylic acids is 1. The Morgan fingerprint density at radius 2 is 2.33 bits per heavy atom. The number of rotatable bonds is 4. The van der Waals surface area contributed by atoms with Crippen LogP contribution in [0.1, 0.15) is 5.56 Å². The van der Waals surface area contributed by atoms with Crippen LogP contribution in [0.25, 0.3) is 5.69 Å². The minimum absolute atomic E-state index is 0.128. The normalized spacial score (nSPS) is 10.6. The van der Waals surface area contributed by atoms with Crippen LogP contribution in [-0.2, 0) is 4.79 Å². The van der Waals surface area contributed by atoms with Crippen molar-refractivity contribution in [2.24, 2.45) is 0 Å². The van der Waals surface area contributed by atoms with Crippen LogP contribution in [0.3, 0.4) is 0 Å². The topological polar surface area (TPSA) is 58.0 Å². The summed E-state index contributed by atoms with van der Waals surface area (Å²) in [5.41, 5.74) is 1.81. The summed E-state index contributed by atoms with van der Waals surface area (Å²) in [6.45, 7) is 1.91. The number of carboxylic acid groups (broad SMARTS) is 1. The van der Waals surface area contributed by atoms with Gasteiger partial charge in [-0.3, -0.25) is 4.57 Å². The second-order valence-corrected chi connectivity index (χ2v) is 4.97. The lowest BCUT2D eigenvalue weighted by molar-refractivity contribution is -0.301. The van der Waals surface area contributed by atoms with Gasteiger partial charge in [0, 0.05) is 23.2 Å². The van der Waals surface area contributed by atoms with Crippen molar-refractivity contribution in [1.82, 2.24) is 9.55 Å². The molecule has 1 aromatic heterocycles. The van der Waals surface area contributed by atoms with Crippen molar-refractivity contribution in [3.8, 4) is 5.69 Å². The van der Waals surface area contributed by atoms with E-state index in [1.807, 2.05) is 29.7 Å². The number of aromatic nitrogens is 2. The average Bonchev–Trinajstić information content (AvgIpc) is 2.78. The van der Waals surface area contributed by atoms with Crippen molar-refractivity contribution in [2.75, 3.05) is 5.75 Å². The van der Waals surface area contributed by atoms with Gasteiger partial charge in [0.2, 0.25) is 0 Å². The van der Waals surface area contributed by atoms with E-state index in [4.69, 9.17) is 11.6 Å². The monoisotopic (exact) mass is 281 g/mol. The first-order chi connectivity index (χ1) is 8.59. The highest BCUT2D eigenvalue weighted by molar-refractivity contribution is 7.99. The molecule has 0 spiro atoms. The molecule has 0 saturated heterocycles. The van der Waals surface area contributed by atoms with Crippen LogP contribution in [0.5, 0.6) is 0 Å². The number of aliphatic carboxylic acids is 1. The van der Waals surface area contributed by atoms with Gasteiger partial charge in [-0.2, -0.15) is 0 Å². The van der Waals surface area contributed by atoms with E-state index in [-0.39, 0.29) is 5.75 Å². The van der Waals surface area contributed by atoms with E-state index in [1.54, 1.807) is 12.4 Å². The summed E-state index contributed by atoms with van der Waals surface area (Å²) in [5.74, 6) is -1.24. The quantitative estimate of drug-likeness (QED) is 0.800. The van der Waals surface area contributed by atoms with E-state index in [0.29, 0.717) is 10.2 Å². The zero-order chi connectivity index (χ0) is 13.1. The molecular formula is C12H10ClN2O2S-. The number of imidazole rings is 1. The molecule has 2 rings (SSSR count). The van der Waals surface area contributed by atoms with Crippen LogP contribution >= 0.6 is 23.4 Å². The number of hydrogen-bond donors (Lipinski definition) is 0. The molecule has 1 aromatic carbocycles. The molecule has 0 radical (unpaired) electrons. The minimum atomic E-state index is -1.11. The first-order valence-electron chi connectivity index (χ1n) is 5.21. The smallest absolute Gasteiger partial charge is 0.172 e. The van der Waals surface area contributed by atoms with Crippen LogP contribution < -0.4 is 5.11 Å². The molecule has 0 unspecified atom stereocenters. The minimum Gasteiger partial charge on any atom is -0.549 e. The second-order valence-electron chi connectivity index (χ2n) is 3.62. The molecule has 4 nitrogen and oxygen atoms in total. The van der Waals surface area contributed by atoms with Crippen molar-refractivity contribution >= 4 is 29.3 Å². The molecule has 18 heavy (non-hydrogen) atoms. The molecule has 0 bridgehead atoms.